The van der Waals surface area contributed by atoms with Gasteiger partial charge in [-0.1, -0.05) is 0 Å². The zero-order valence-electron chi connectivity index (χ0n) is 7.51. The highest BCUT2D eigenvalue weighted by molar-refractivity contribution is 4.56. The van der Waals surface area contributed by atoms with Crippen LogP contribution in [0.5, 0.6) is 0 Å². The predicted octanol–water partition coefficient (Wildman–Crippen LogP) is 0.777. The molecular weight excluding hydrogens is 142 g/mol. The van der Waals surface area contributed by atoms with E-state index in [4.69, 9.17) is 15.2 Å². The van der Waals surface area contributed by atoms with Gasteiger partial charge in [-0.25, -0.2) is 0 Å². The third-order valence-electron chi connectivity index (χ3n) is 1.49. The molecule has 11 heavy (non-hydrogen) atoms. The molecule has 0 aromatic heterocycles. The molecule has 0 aliphatic rings. The van der Waals surface area contributed by atoms with Crippen LogP contribution < -0.4 is 5.73 Å². The smallest absolute Gasteiger partial charge is 0.0808 e. The van der Waals surface area contributed by atoms with Gasteiger partial charge in [0, 0.05) is 13.7 Å². The van der Waals surface area contributed by atoms with Crippen LogP contribution in [-0.4, -0.2) is 33.0 Å². The van der Waals surface area contributed by atoms with E-state index in [0.29, 0.717) is 6.61 Å². The lowest BCUT2D eigenvalue weighted by atomic mass is 10.2. The van der Waals surface area contributed by atoms with Gasteiger partial charge in [-0.3, -0.25) is 0 Å². The quantitative estimate of drug-likeness (QED) is 0.600. The van der Waals surface area contributed by atoms with Gasteiger partial charge in [-0.2, -0.15) is 0 Å². The average molecular weight is 161 g/mol. The molecule has 0 rings (SSSR count). The molecule has 0 saturated heterocycles. The average Bonchev–Trinajstić information content (AvgIpc) is 2.01. The van der Waals surface area contributed by atoms with E-state index in [9.17, 15) is 0 Å². The fourth-order valence-electron chi connectivity index (χ4n) is 0.982. The molecule has 3 nitrogen and oxygen atoms in total. The third-order valence-corrected chi connectivity index (χ3v) is 1.49. The Morgan fingerprint density at radius 1 is 1.45 bits per heavy atom. The van der Waals surface area contributed by atoms with Crippen LogP contribution in [0.25, 0.3) is 0 Å². The highest BCUT2D eigenvalue weighted by atomic mass is 16.5. The number of nitrogens with two attached hydrogens (primary N) is 1. The van der Waals surface area contributed by atoms with Gasteiger partial charge in [-0.05, 0) is 26.3 Å². The number of ether oxygens (including phenoxy) is 2. The van der Waals surface area contributed by atoms with Crippen molar-refractivity contribution in [2.75, 3.05) is 26.9 Å². The van der Waals surface area contributed by atoms with Gasteiger partial charge < -0.3 is 15.2 Å². The fraction of sp³-hybridized carbons (Fsp3) is 1.00. The Kier molecular flexibility index (Phi) is 7.89. The highest BCUT2D eigenvalue weighted by Gasteiger charge is 2.05. The lowest BCUT2D eigenvalue weighted by molar-refractivity contribution is -0.000950. The molecule has 0 aliphatic heterocycles. The lowest BCUT2D eigenvalue weighted by Gasteiger charge is -2.14. The molecule has 0 spiro atoms. The van der Waals surface area contributed by atoms with Crippen LogP contribution in [0.3, 0.4) is 0 Å². The van der Waals surface area contributed by atoms with Gasteiger partial charge in [0.15, 0.2) is 0 Å². The van der Waals surface area contributed by atoms with Crippen LogP contribution in [0.4, 0.5) is 0 Å². The number of hydrogen-bond acceptors (Lipinski definition) is 3. The Hall–Kier alpha value is -0.120. The summed E-state index contributed by atoms with van der Waals surface area (Å²) >= 11 is 0. The second kappa shape index (κ2) is 7.98. The second-order valence-electron chi connectivity index (χ2n) is 2.46. The maximum absolute atomic E-state index is 5.40. The lowest BCUT2D eigenvalue weighted by Crippen LogP contribution is -2.20. The van der Waals surface area contributed by atoms with Crippen molar-refractivity contribution >= 4 is 0 Å². The molecule has 0 heterocycles. The van der Waals surface area contributed by atoms with Gasteiger partial charge in [0.05, 0.1) is 12.7 Å². The van der Waals surface area contributed by atoms with Gasteiger partial charge in [0.2, 0.25) is 0 Å². The number of hydrogen-bond donors (Lipinski definition) is 1. The highest BCUT2D eigenvalue weighted by Crippen LogP contribution is 2.01. The van der Waals surface area contributed by atoms with E-state index in [2.05, 4.69) is 0 Å². The van der Waals surface area contributed by atoms with Crippen molar-refractivity contribution in [3.63, 3.8) is 0 Å². The molecule has 0 bridgehead atoms. The summed E-state index contributed by atoms with van der Waals surface area (Å²) in [6.45, 7) is 4.14. The summed E-state index contributed by atoms with van der Waals surface area (Å²) in [5.41, 5.74) is 5.37. The molecule has 1 unspecified atom stereocenters. The van der Waals surface area contributed by atoms with E-state index in [-0.39, 0.29) is 6.10 Å². The molecule has 1 atom stereocenters. The van der Waals surface area contributed by atoms with E-state index in [0.717, 1.165) is 26.0 Å². The normalized spacial score (nSPS) is 13.4. The predicted molar refractivity (Wildman–Crippen MR) is 45.6 cm³/mol. The summed E-state index contributed by atoms with van der Waals surface area (Å²) in [6, 6.07) is 0. The van der Waals surface area contributed by atoms with Crippen LogP contribution >= 0.6 is 0 Å². The van der Waals surface area contributed by atoms with Crippen LogP contribution in [-0.2, 0) is 9.47 Å². The fourth-order valence-corrected chi connectivity index (χ4v) is 0.982. The zero-order chi connectivity index (χ0) is 8.53. The van der Waals surface area contributed by atoms with Gasteiger partial charge in [-0.15, -0.1) is 0 Å². The van der Waals surface area contributed by atoms with Gasteiger partial charge in [0.1, 0.15) is 0 Å². The number of rotatable bonds is 7. The van der Waals surface area contributed by atoms with E-state index in [1.54, 1.807) is 7.11 Å². The van der Waals surface area contributed by atoms with Crippen molar-refractivity contribution in [3.05, 3.63) is 0 Å². The second-order valence-corrected chi connectivity index (χ2v) is 2.46. The topological polar surface area (TPSA) is 44.5 Å². The SMILES string of the molecule is CCOC(CCCN)COC. The molecule has 0 amide bonds. The Balaban J connectivity index is 3.34. The van der Waals surface area contributed by atoms with Crippen molar-refractivity contribution in [1.82, 2.24) is 0 Å². The largest absolute Gasteiger partial charge is 0.382 e. The van der Waals surface area contributed by atoms with E-state index >= 15 is 0 Å². The number of methoxy groups -OCH3 is 1. The molecule has 0 radical (unpaired) electrons. The minimum absolute atomic E-state index is 0.230. The minimum Gasteiger partial charge on any atom is -0.382 e. The Bertz CT molecular complexity index is 72.5. The molecule has 0 aliphatic carbocycles. The van der Waals surface area contributed by atoms with Crippen LogP contribution in [0.1, 0.15) is 19.8 Å². The molecular formula is C8H19NO2. The van der Waals surface area contributed by atoms with Crippen molar-refractivity contribution in [2.24, 2.45) is 5.73 Å². The first-order valence-electron chi connectivity index (χ1n) is 4.15. The Morgan fingerprint density at radius 3 is 2.64 bits per heavy atom. The van der Waals surface area contributed by atoms with E-state index in [1.165, 1.54) is 0 Å². The molecule has 3 heteroatoms. The van der Waals surface area contributed by atoms with E-state index in [1.807, 2.05) is 6.92 Å². The maximum Gasteiger partial charge on any atom is 0.0808 e. The Morgan fingerprint density at radius 2 is 2.18 bits per heavy atom. The maximum atomic E-state index is 5.40. The summed E-state index contributed by atoms with van der Waals surface area (Å²) in [4.78, 5) is 0. The summed E-state index contributed by atoms with van der Waals surface area (Å²) in [6.07, 6.45) is 2.24. The van der Waals surface area contributed by atoms with Gasteiger partial charge in [0.25, 0.3) is 0 Å². The van der Waals surface area contributed by atoms with Crippen molar-refractivity contribution in [3.8, 4) is 0 Å². The van der Waals surface area contributed by atoms with Crippen LogP contribution in [0.15, 0.2) is 0 Å². The molecule has 68 valence electrons. The summed E-state index contributed by atoms with van der Waals surface area (Å²) in [5, 5.41) is 0. The molecule has 2 N–H and O–H groups in total. The van der Waals surface area contributed by atoms with Crippen molar-refractivity contribution in [1.29, 1.82) is 0 Å². The summed E-state index contributed by atoms with van der Waals surface area (Å²) in [5.74, 6) is 0. The minimum atomic E-state index is 0.230. The standard InChI is InChI=1S/C8H19NO2/c1-3-11-8(7-10-2)5-4-6-9/h8H,3-7,9H2,1-2H3. The van der Waals surface area contributed by atoms with Crippen molar-refractivity contribution in [2.45, 2.75) is 25.9 Å². The molecule has 0 saturated carbocycles. The zero-order valence-corrected chi connectivity index (χ0v) is 7.51. The summed E-state index contributed by atoms with van der Waals surface area (Å²) < 4.78 is 10.4. The first-order chi connectivity index (χ1) is 5.35. The Labute approximate surface area is 68.9 Å². The van der Waals surface area contributed by atoms with Crippen molar-refractivity contribution < 1.29 is 9.47 Å². The van der Waals surface area contributed by atoms with Crippen LogP contribution in [0.2, 0.25) is 0 Å². The third kappa shape index (κ3) is 6.28. The first-order valence-corrected chi connectivity index (χ1v) is 4.15. The monoisotopic (exact) mass is 161 g/mol. The summed E-state index contributed by atoms with van der Waals surface area (Å²) in [7, 11) is 1.69. The van der Waals surface area contributed by atoms with E-state index < -0.39 is 0 Å². The molecule has 0 fully saturated rings. The first kappa shape index (κ1) is 10.9. The molecule has 0 aromatic carbocycles. The van der Waals surface area contributed by atoms with Gasteiger partial charge >= 0.3 is 0 Å². The molecule has 0 aromatic rings. The van der Waals surface area contributed by atoms with Crippen LogP contribution in [0, 0.1) is 0 Å².